The third kappa shape index (κ3) is 2.08. The summed E-state index contributed by atoms with van der Waals surface area (Å²) in [5.41, 5.74) is 0. The Morgan fingerprint density at radius 2 is 2.17 bits per heavy atom. The molecule has 0 radical (unpaired) electrons. The molecule has 0 saturated carbocycles. The maximum absolute atomic E-state index is 11.5. The van der Waals surface area contributed by atoms with Crippen LogP contribution in [0.15, 0.2) is 12.2 Å². The summed E-state index contributed by atoms with van der Waals surface area (Å²) in [5.74, 6) is 0.274. The van der Waals surface area contributed by atoms with Crippen molar-refractivity contribution in [1.82, 2.24) is 4.90 Å². The highest BCUT2D eigenvalue weighted by Gasteiger charge is 2.21. The number of allylic oxidation sites excluding steroid dienone is 2. The summed E-state index contributed by atoms with van der Waals surface area (Å²) in [7, 11) is 1.73. The fraction of sp³-hybridized carbons (Fsp3) is 0.667. The van der Waals surface area contributed by atoms with Crippen LogP contribution in [-0.2, 0) is 4.79 Å². The van der Waals surface area contributed by atoms with Crippen molar-refractivity contribution in [2.24, 2.45) is 5.92 Å². The molecule has 0 fully saturated rings. The van der Waals surface area contributed by atoms with Gasteiger partial charge in [-0.15, -0.1) is 0 Å². The van der Waals surface area contributed by atoms with Gasteiger partial charge in [0.2, 0.25) is 5.91 Å². The van der Waals surface area contributed by atoms with E-state index in [0.29, 0.717) is 6.54 Å². The van der Waals surface area contributed by atoms with E-state index < -0.39 is 0 Å². The molecule has 1 rings (SSSR count). The fourth-order valence-corrected chi connectivity index (χ4v) is 1.39. The molecule has 0 aliphatic heterocycles. The first kappa shape index (κ1) is 9.26. The normalized spacial score (nSPS) is 16.8. The predicted molar refractivity (Wildman–Crippen MR) is 46.6 cm³/mol. The van der Waals surface area contributed by atoms with Crippen LogP contribution in [-0.4, -0.2) is 36.1 Å². The van der Waals surface area contributed by atoms with Crippen LogP contribution < -0.4 is 0 Å². The lowest BCUT2D eigenvalue weighted by Gasteiger charge is -2.19. The molecule has 0 heterocycles. The minimum atomic E-state index is 0.0440. The molecule has 1 aliphatic rings. The van der Waals surface area contributed by atoms with Gasteiger partial charge in [-0.1, -0.05) is 12.2 Å². The quantitative estimate of drug-likeness (QED) is 0.621. The third-order valence-corrected chi connectivity index (χ3v) is 2.17. The van der Waals surface area contributed by atoms with E-state index in [-0.39, 0.29) is 18.4 Å². The largest absolute Gasteiger partial charge is 0.395 e. The van der Waals surface area contributed by atoms with Crippen LogP contribution in [0.5, 0.6) is 0 Å². The number of likely N-dealkylation sites (N-methyl/N-ethyl adjacent to an activating group) is 1. The number of nitrogens with zero attached hydrogens (tertiary/aromatic N) is 1. The molecule has 0 atom stereocenters. The second-order valence-electron chi connectivity index (χ2n) is 3.12. The zero-order valence-corrected chi connectivity index (χ0v) is 7.36. The molecule has 3 heteroatoms. The van der Waals surface area contributed by atoms with Crippen LogP contribution in [0.1, 0.15) is 12.8 Å². The van der Waals surface area contributed by atoms with Gasteiger partial charge in [0.25, 0.3) is 0 Å². The van der Waals surface area contributed by atoms with E-state index in [2.05, 4.69) is 0 Å². The summed E-state index contributed by atoms with van der Waals surface area (Å²) >= 11 is 0. The number of carbonyl (C=O) groups excluding carboxylic acids is 1. The Hall–Kier alpha value is -0.830. The van der Waals surface area contributed by atoms with Crippen LogP contribution in [0.4, 0.5) is 0 Å². The molecule has 0 saturated heterocycles. The molecule has 1 N–H and O–H groups in total. The lowest BCUT2D eigenvalue weighted by atomic mass is 10.1. The first-order valence-corrected chi connectivity index (χ1v) is 4.26. The highest BCUT2D eigenvalue weighted by atomic mass is 16.3. The Labute approximate surface area is 72.7 Å². The monoisotopic (exact) mass is 169 g/mol. The molecular formula is C9H15NO2. The van der Waals surface area contributed by atoms with Gasteiger partial charge in [0.1, 0.15) is 0 Å². The number of rotatable bonds is 3. The van der Waals surface area contributed by atoms with Crippen LogP contribution in [0.3, 0.4) is 0 Å². The number of carbonyl (C=O) groups is 1. The van der Waals surface area contributed by atoms with Crippen LogP contribution in [0.25, 0.3) is 0 Å². The molecule has 0 aromatic rings. The van der Waals surface area contributed by atoms with Crippen LogP contribution in [0.2, 0.25) is 0 Å². The van der Waals surface area contributed by atoms with E-state index in [1.807, 2.05) is 12.2 Å². The van der Waals surface area contributed by atoms with Gasteiger partial charge in [-0.25, -0.2) is 0 Å². The van der Waals surface area contributed by atoms with E-state index in [9.17, 15) is 4.79 Å². The summed E-state index contributed by atoms with van der Waals surface area (Å²) in [6, 6.07) is 0. The van der Waals surface area contributed by atoms with Crippen molar-refractivity contribution in [3.05, 3.63) is 12.2 Å². The van der Waals surface area contributed by atoms with Gasteiger partial charge in [0.15, 0.2) is 0 Å². The molecule has 0 bridgehead atoms. The van der Waals surface area contributed by atoms with Crippen molar-refractivity contribution in [2.45, 2.75) is 12.8 Å². The van der Waals surface area contributed by atoms with Gasteiger partial charge in [-0.05, 0) is 12.8 Å². The Balaban J connectivity index is 2.36. The average molecular weight is 169 g/mol. The highest BCUT2D eigenvalue weighted by molar-refractivity contribution is 5.79. The second-order valence-corrected chi connectivity index (χ2v) is 3.12. The van der Waals surface area contributed by atoms with Crippen molar-refractivity contribution >= 4 is 5.91 Å². The maximum atomic E-state index is 11.5. The average Bonchev–Trinajstić information content (AvgIpc) is 2.55. The molecular weight excluding hydrogens is 154 g/mol. The third-order valence-electron chi connectivity index (χ3n) is 2.17. The number of hydrogen-bond donors (Lipinski definition) is 1. The number of hydrogen-bond acceptors (Lipinski definition) is 2. The van der Waals surface area contributed by atoms with Crippen LogP contribution >= 0.6 is 0 Å². The Kier molecular flexibility index (Phi) is 3.29. The maximum Gasteiger partial charge on any atom is 0.226 e. The van der Waals surface area contributed by atoms with E-state index in [4.69, 9.17) is 5.11 Å². The first-order valence-electron chi connectivity index (χ1n) is 4.26. The topological polar surface area (TPSA) is 40.5 Å². The van der Waals surface area contributed by atoms with Gasteiger partial charge in [0.05, 0.1) is 6.61 Å². The van der Waals surface area contributed by atoms with Crippen LogP contribution in [0, 0.1) is 5.92 Å². The van der Waals surface area contributed by atoms with Gasteiger partial charge >= 0.3 is 0 Å². The SMILES string of the molecule is CN(CCO)C(=O)C1CC=CC1. The van der Waals surface area contributed by atoms with Crippen molar-refractivity contribution < 1.29 is 9.90 Å². The lowest BCUT2D eigenvalue weighted by Crippen LogP contribution is -2.33. The van der Waals surface area contributed by atoms with Crippen molar-refractivity contribution in [2.75, 3.05) is 20.2 Å². The summed E-state index contributed by atoms with van der Waals surface area (Å²) in [6.45, 7) is 0.484. The van der Waals surface area contributed by atoms with E-state index in [0.717, 1.165) is 12.8 Å². The van der Waals surface area contributed by atoms with Gasteiger partial charge in [0, 0.05) is 19.5 Å². The minimum absolute atomic E-state index is 0.0440. The molecule has 1 amide bonds. The van der Waals surface area contributed by atoms with Gasteiger partial charge in [-0.3, -0.25) is 4.79 Å². The summed E-state index contributed by atoms with van der Waals surface area (Å²) in [4.78, 5) is 13.1. The molecule has 1 aliphatic carbocycles. The van der Waals surface area contributed by atoms with E-state index in [1.165, 1.54) is 0 Å². The Morgan fingerprint density at radius 3 is 2.67 bits per heavy atom. The lowest BCUT2D eigenvalue weighted by molar-refractivity contribution is -0.134. The van der Waals surface area contributed by atoms with E-state index >= 15 is 0 Å². The standard InChI is InChI=1S/C9H15NO2/c1-10(6-7-11)9(12)8-4-2-3-5-8/h2-3,8,11H,4-7H2,1H3. The zero-order chi connectivity index (χ0) is 8.97. The number of amides is 1. The van der Waals surface area contributed by atoms with Gasteiger partial charge < -0.3 is 10.0 Å². The first-order chi connectivity index (χ1) is 5.75. The molecule has 68 valence electrons. The molecule has 0 aromatic carbocycles. The van der Waals surface area contributed by atoms with Gasteiger partial charge in [-0.2, -0.15) is 0 Å². The molecule has 3 nitrogen and oxygen atoms in total. The van der Waals surface area contributed by atoms with Crippen molar-refractivity contribution in [3.8, 4) is 0 Å². The molecule has 0 spiro atoms. The fourth-order valence-electron chi connectivity index (χ4n) is 1.39. The highest BCUT2D eigenvalue weighted by Crippen LogP contribution is 2.19. The smallest absolute Gasteiger partial charge is 0.226 e. The Bertz CT molecular complexity index is 181. The number of aliphatic hydroxyl groups excluding tert-OH is 1. The molecule has 0 aromatic heterocycles. The van der Waals surface area contributed by atoms with Crippen molar-refractivity contribution in [3.63, 3.8) is 0 Å². The zero-order valence-electron chi connectivity index (χ0n) is 7.36. The summed E-state index contributed by atoms with van der Waals surface area (Å²) in [5, 5.41) is 8.62. The molecule has 0 unspecified atom stereocenters. The summed E-state index contributed by atoms with van der Waals surface area (Å²) in [6.07, 6.45) is 5.79. The van der Waals surface area contributed by atoms with E-state index in [1.54, 1.807) is 11.9 Å². The Morgan fingerprint density at radius 1 is 1.58 bits per heavy atom. The predicted octanol–water partition coefficient (Wildman–Crippen LogP) is 0.403. The second kappa shape index (κ2) is 4.26. The summed E-state index contributed by atoms with van der Waals surface area (Å²) < 4.78 is 0. The molecule has 12 heavy (non-hydrogen) atoms. The number of aliphatic hydroxyl groups is 1. The minimum Gasteiger partial charge on any atom is -0.395 e. The van der Waals surface area contributed by atoms with Crippen molar-refractivity contribution in [1.29, 1.82) is 0 Å².